The summed E-state index contributed by atoms with van der Waals surface area (Å²) in [7, 11) is 0. The number of rotatable bonds is 8. The third-order valence-corrected chi connectivity index (χ3v) is 5.01. The first-order valence-corrected chi connectivity index (χ1v) is 10.3. The predicted octanol–water partition coefficient (Wildman–Crippen LogP) is 4.11. The highest BCUT2D eigenvalue weighted by Gasteiger charge is 2.19. The van der Waals surface area contributed by atoms with Crippen LogP contribution in [0.25, 0.3) is 26.9 Å². The zero-order chi connectivity index (χ0) is 20.2. The van der Waals surface area contributed by atoms with Gasteiger partial charge in [0, 0.05) is 23.5 Å². The summed E-state index contributed by atoms with van der Waals surface area (Å²) in [5.74, 6) is 2.53. The van der Waals surface area contributed by atoms with E-state index in [4.69, 9.17) is 19.3 Å². The maximum Gasteiger partial charge on any atom is 0.235 e. The number of hydrogen-bond donors (Lipinski definition) is 0. The van der Waals surface area contributed by atoms with Gasteiger partial charge in [-0.25, -0.2) is 0 Å². The lowest BCUT2D eigenvalue weighted by molar-refractivity contribution is 0.261. The second-order valence-electron chi connectivity index (χ2n) is 5.97. The van der Waals surface area contributed by atoms with Crippen molar-refractivity contribution in [3.63, 3.8) is 0 Å². The molecule has 3 heterocycles. The molecule has 0 aliphatic heterocycles. The number of hydrogen-bond acceptors (Lipinski definition) is 8. The van der Waals surface area contributed by atoms with Gasteiger partial charge in [-0.1, -0.05) is 11.3 Å². The normalized spacial score (nSPS) is 11.0. The van der Waals surface area contributed by atoms with E-state index in [1.807, 2.05) is 45.0 Å². The van der Waals surface area contributed by atoms with E-state index >= 15 is 0 Å². The Morgan fingerprint density at radius 2 is 1.66 bits per heavy atom. The van der Waals surface area contributed by atoms with Crippen molar-refractivity contribution in [2.75, 3.05) is 19.8 Å². The maximum absolute atomic E-state index is 5.82. The molecule has 3 aromatic heterocycles. The molecule has 29 heavy (non-hydrogen) atoms. The lowest BCUT2D eigenvalue weighted by Gasteiger charge is -2.16. The number of fused-ring (bicyclic) bond motifs is 1. The third-order valence-electron chi connectivity index (χ3n) is 4.07. The quantitative estimate of drug-likeness (QED) is 0.431. The zero-order valence-electron chi connectivity index (χ0n) is 16.5. The van der Waals surface area contributed by atoms with Crippen LogP contribution in [0.15, 0.2) is 36.7 Å². The van der Waals surface area contributed by atoms with Gasteiger partial charge in [-0.15, -0.1) is 10.2 Å². The van der Waals surface area contributed by atoms with Crippen LogP contribution in [0.5, 0.6) is 17.2 Å². The fourth-order valence-corrected chi connectivity index (χ4v) is 3.75. The lowest BCUT2D eigenvalue weighted by Crippen LogP contribution is -2.03. The maximum atomic E-state index is 5.82. The molecule has 1 aromatic carbocycles. The molecule has 0 aliphatic carbocycles. The fraction of sp³-hybridized carbons (Fsp3) is 0.300. The van der Waals surface area contributed by atoms with E-state index in [1.54, 1.807) is 16.9 Å². The molecule has 4 rings (SSSR count). The molecule has 0 atom stereocenters. The van der Waals surface area contributed by atoms with E-state index in [-0.39, 0.29) is 0 Å². The van der Waals surface area contributed by atoms with Crippen LogP contribution in [-0.2, 0) is 0 Å². The third kappa shape index (κ3) is 3.73. The molecule has 0 bridgehead atoms. The molecule has 0 amide bonds. The average Bonchev–Trinajstić information content (AvgIpc) is 3.32. The number of aromatic nitrogens is 5. The van der Waals surface area contributed by atoms with Gasteiger partial charge in [-0.2, -0.15) is 9.61 Å². The summed E-state index contributed by atoms with van der Waals surface area (Å²) in [5, 5.41) is 14.0. The molecule has 9 heteroatoms. The van der Waals surface area contributed by atoms with Crippen LogP contribution in [-0.4, -0.2) is 44.6 Å². The van der Waals surface area contributed by atoms with Crippen LogP contribution in [0, 0.1) is 0 Å². The van der Waals surface area contributed by atoms with Gasteiger partial charge in [-0.05, 0) is 45.0 Å². The van der Waals surface area contributed by atoms with Gasteiger partial charge in [0.15, 0.2) is 17.3 Å². The van der Waals surface area contributed by atoms with Crippen LogP contribution in [0.1, 0.15) is 20.8 Å². The Kier molecular flexibility index (Phi) is 5.57. The highest BCUT2D eigenvalue weighted by atomic mass is 32.1. The molecule has 0 saturated heterocycles. The van der Waals surface area contributed by atoms with Gasteiger partial charge in [-0.3, -0.25) is 4.98 Å². The van der Waals surface area contributed by atoms with E-state index in [0.29, 0.717) is 47.9 Å². The summed E-state index contributed by atoms with van der Waals surface area (Å²) in [6, 6.07) is 7.64. The van der Waals surface area contributed by atoms with Crippen molar-refractivity contribution >= 4 is 16.3 Å². The van der Waals surface area contributed by atoms with Crippen LogP contribution in [0.3, 0.4) is 0 Å². The number of pyridine rings is 1. The molecule has 0 aliphatic rings. The van der Waals surface area contributed by atoms with Gasteiger partial charge in [0.05, 0.1) is 19.8 Å². The van der Waals surface area contributed by atoms with Gasteiger partial charge in [0.1, 0.15) is 5.01 Å². The minimum absolute atomic E-state index is 0.519. The Morgan fingerprint density at radius 1 is 0.931 bits per heavy atom. The van der Waals surface area contributed by atoms with E-state index in [2.05, 4.69) is 15.2 Å². The molecular weight excluding hydrogens is 390 g/mol. The highest BCUT2D eigenvalue weighted by Crippen LogP contribution is 2.42. The van der Waals surface area contributed by atoms with Crippen LogP contribution in [0.2, 0.25) is 0 Å². The summed E-state index contributed by atoms with van der Waals surface area (Å²) in [6.07, 6.45) is 3.46. The van der Waals surface area contributed by atoms with Crippen LogP contribution >= 0.6 is 11.3 Å². The van der Waals surface area contributed by atoms with Crippen molar-refractivity contribution < 1.29 is 14.2 Å². The van der Waals surface area contributed by atoms with E-state index in [0.717, 1.165) is 16.1 Å². The predicted molar refractivity (Wildman–Crippen MR) is 111 cm³/mol. The van der Waals surface area contributed by atoms with E-state index < -0.39 is 0 Å². The summed E-state index contributed by atoms with van der Waals surface area (Å²) >= 11 is 1.44. The van der Waals surface area contributed by atoms with Gasteiger partial charge >= 0.3 is 0 Å². The SMILES string of the molecule is CCOc1cc(-c2nn3c(-c4cccnc4)nnc3s2)cc(OCC)c1OCC. The standard InChI is InChI=1S/C20H21N5O3S/c1-4-26-15-10-14(11-16(27-5-2)17(15)28-6-3)19-24-25-18(22-23-20(25)29-19)13-8-7-9-21-12-13/h7-12H,4-6H2,1-3H3. The second-order valence-corrected chi connectivity index (χ2v) is 6.92. The fourth-order valence-electron chi connectivity index (χ4n) is 2.92. The topological polar surface area (TPSA) is 83.7 Å². The molecule has 4 aromatic rings. The van der Waals surface area contributed by atoms with Crippen molar-refractivity contribution in [3.05, 3.63) is 36.7 Å². The highest BCUT2D eigenvalue weighted by molar-refractivity contribution is 7.19. The summed E-state index contributed by atoms with van der Waals surface area (Å²) in [6.45, 7) is 7.36. The van der Waals surface area contributed by atoms with Crippen molar-refractivity contribution in [2.45, 2.75) is 20.8 Å². The lowest BCUT2D eigenvalue weighted by atomic mass is 10.2. The van der Waals surface area contributed by atoms with Gasteiger partial charge in [0.25, 0.3) is 0 Å². The molecular formula is C20H21N5O3S. The van der Waals surface area contributed by atoms with Gasteiger partial charge in [0.2, 0.25) is 10.7 Å². The summed E-state index contributed by atoms with van der Waals surface area (Å²) in [5.41, 5.74) is 1.72. The number of nitrogens with zero attached hydrogens (tertiary/aromatic N) is 5. The van der Waals surface area contributed by atoms with Crippen molar-refractivity contribution in [1.29, 1.82) is 0 Å². The Hall–Kier alpha value is -3.20. The Balaban J connectivity index is 1.81. The molecule has 0 fully saturated rings. The van der Waals surface area contributed by atoms with Crippen LogP contribution in [0.4, 0.5) is 0 Å². The monoisotopic (exact) mass is 411 g/mol. The average molecular weight is 411 g/mol. The molecule has 0 unspecified atom stereocenters. The zero-order valence-corrected chi connectivity index (χ0v) is 17.3. The van der Waals surface area contributed by atoms with Gasteiger partial charge < -0.3 is 14.2 Å². The Morgan fingerprint density at radius 3 is 2.28 bits per heavy atom. The molecule has 0 radical (unpaired) electrons. The van der Waals surface area contributed by atoms with Crippen molar-refractivity contribution in [3.8, 4) is 39.2 Å². The summed E-state index contributed by atoms with van der Waals surface area (Å²) in [4.78, 5) is 4.85. The number of benzene rings is 1. The molecule has 0 spiro atoms. The van der Waals surface area contributed by atoms with E-state index in [1.165, 1.54) is 11.3 Å². The minimum atomic E-state index is 0.519. The first-order valence-electron chi connectivity index (χ1n) is 9.44. The molecule has 150 valence electrons. The molecule has 0 saturated carbocycles. The minimum Gasteiger partial charge on any atom is -0.490 e. The van der Waals surface area contributed by atoms with E-state index in [9.17, 15) is 0 Å². The smallest absolute Gasteiger partial charge is 0.235 e. The Bertz CT molecular complexity index is 1080. The Labute approximate surface area is 172 Å². The summed E-state index contributed by atoms with van der Waals surface area (Å²) < 4.78 is 19.1. The molecule has 0 N–H and O–H groups in total. The number of ether oxygens (including phenoxy) is 3. The first kappa shape index (κ1) is 19.1. The second kappa shape index (κ2) is 8.44. The van der Waals surface area contributed by atoms with Crippen LogP contribution < -0.4 is 14.2 Å². The largest absolute Gasteiger partial charge is 0.490 e. The van der Waals surface area contributed by atoms with Crippen molar-refractivity contribution in [2.24, 2.45) is 0 Å². The molecule has 8 nitrogen and oxygen atoms in total. The van der Waals surface area contributed by atoms with Crippen molar-refractivity contribution in [1.82, 2.24) is 24.8 Å². The first-order chi connectivity index (χ1) is 14.2.